The van der Waals surface area contributed by atoms with Crippen LogP contribution in [0, 0.1) is 18.3 Å². The molecule has 0 aliphatic rings. The Hall–Kier alpha value is -1.09. The van der Waals surface area contributed by atoms with Crippen molar-refractivity contribution in [2.75, 3.05) is 0 Å². The van der Waals surface area contributed by atoms with Crippen LogP contribution in [0.15, 0.2) is 12.1 Å². The second kappa shape index (κ2) is 5.12. The maximum Gasteiger partial charge on any atom is 0.160 e. The van der Waals surface area contributed by atoms with Crippen molar-refractivity contribution in [1.82, 2.24) is 14.5 Å². The molecule has 2 heterocycles. The zero-order valence-corrected chi connectivity index (χ0v) is 13.1. The Kier molecular flexibility index (Phi) is 3.86. The molecule has 3 nitrogen and oxygen atoms in total. The Balaban J connectivity index is 2.48. The number of nitrogens with zero attached hydrogens (tertiary/aromatic N) is 3. The van der Waals surface area contributed by atoms with Crippen LogP contribution in [0.1, 0.15) is 39.2 Å². The summed E-state index contributed by atoms with van der Waals surface area (Å²) in [6.45, 7) is 11.9. The van der Waals surface area contributed by atoms with E-state index in [0.717, 1.165) is 29.2 Å². The number of imidazole rings is 1. The van der Waals surface area contributed by atoms with Gasteiger partial charge < -0.3 is 4.57 Å². The number of hydrogen-bond acceptors (Lipinski definition) is 2. The first-order valence-corrected chi connectivity index (χ1v) is 7.25. The van der Waals surface area contributed by atoms with Crippen molar-refractivity contribution in [2.45, 2.75) is 47.0 Å². The minimum atomic E-state index is 0.254. The third-order valence-corrected chi connectivity index (χ3v) is 4.10. The summed E-state index contributed by atoms with van der Waals surface area (Å²) in [6, 6.07) is 4.01. The second-order valence-electron chi connectivity index (χ2n) is 6.33. The molecule has 2 aromatic heterocycles. The molecule has 0 bridgehead atoms. The van der Waals surface area contributed by atoms with Crippen molar-refractivity contribution in [2.24, 2.45) is 11.3 Å². The van der Waals surface area contributed by atoms with Gasteiger partial charge in [0.05, 0.1) is 5.88 Å². The Morgan fingerprint density at radius 2 is 1.95 bits per heavy atom. The van der Waals surface area contributed by atoms with Gasteiger partial charge in [-0.25, -0.2) is 9.97 Å². The number of halogens is 1. The lowest BCUT2D eigenvalue weighted by atomic mass is 9.82. The van der Waals surface area contributed by atoms with Gasteiger partial charge in [0.2, 0.25) is 0 Å². The van der Waals surface area contributed by atoms with Gasteiger partial charge in [0.15, 0.2) is 5.65 Å². The van der Waals surface area contributed by atoms with Gasteiger partial charge in [0.1, 0.15) is 11.3 Å². The molecule has 0 spiro atoms. The highest BCUT2D eigenvalue weighted by atomic mass is 35.5. The minimum absolute atomic E-state index is 0.254. The zero-order chi connectivity index (χ0) is 14.2. The van der Waals surface area contributed by atoms with Gasteiger partial charge in [-0.1, -0.05) is 27.7 Å². The first kappa shape index (κ1) is 14.3. The Labute approximate surface area is 120 Å². The Morgan fingerprint density at radius 1 is 1.26 bits per heavy atom. The molecule has 0 saturated heterocycles. The van der Waals surface area contributed by atoms with Gasteiger partial charge in [0.25, 0.3) is 0 Å². The molecule has 0 amide bonds. The van der Waals surface area contributed by atoms with Crippen molar-refractivity contribution in [1.29, 1.82) is 0 Å². The highest BCUT2D eigenvalue weighted by Crippen LogP contribution is 2.28. The van der Waals surface area contributed by atoms with E-state index < -0.39 is 0 Å². The number of pyridine rings is 1. The van der Waals surface area contributed by atoms with E-state index in [9.17, 15) is 0 Å². The smallest absolute Gasteiger partial charge is 0.160 e. The summed E-state index contributed by atoms with van der Waals surface area (Å²) in [6.07, 6.45) is 0. The van der Waals surface area contributed by atoms with Crippen molar-refractivity contribution < 1.29 is 0 Å². The van der Waals surface area contributed by atoms with E-state index in [4.69, 9.17) is 11.6 Å². The molecule has 4 heteroatoms. The van der Waals surface area contributed by atoms with Gasteiger partial charge in [-0.15, -0.1) is 11.6 Å². The van der Waals surface area contributed by atoms with Crippen LogP contribution < -0.4 is 0 Å². The summed E-state index contributed by atoms with van der Waals surface area (Å²) in [4.78, 5) is 9.20. The molecule has 0 aromatic carbocycles. The standard InChI is InChI=1S/C15H22ClN3/c1-10(15(3,4)5)9-19-13(8-16)18-12-7-6-11(2)17-14(12)19/h6-7,10H,8-9H2,1-5H3. The lowest BCUT2D eigenvalue weighted by Crippen LogP contribution is -2.23. The highest BCUT2D eigenvalue weighted by molar-refractivity contribution is 6.16. The fourth-order valence-electron chi connectivity index (χ4n) is 1.98. The molecule has 0 N–H and O–H groups in total. The molecular weight excluding hydrogens is 258 g/mol. The van der Waals surface area contributed by atoms with Gasteiger partial charge in [0, 0.05) is 12.2 Å². The number of rotatable bonds is 3. The maximum atomic E-state index is 6.03. The molecule has 19 heavy (non-hydrogen) atoms. The zero-order valence-electron chi connectivity index (χ0n) is 12.4. The van der Waals surface area contributed by atoms with E-state index in [1.54, 1.807) is 0 Å². The Bertz CT molecular complexity index is 581. The van der Waals surface area contributed by atoms with Crippen molar-refractivity contribution in [3.05, 3.63) is 23.7 Å². The molecule has 0 radical (unpaired) electrons. The number of fused-ring (bicyclic) bond motifs is 1. The van der Waals surface area contributed by atoms with E-state index in [-0.39, 0.29) is 5.41 Å². The number of alkyl halides is 1. The molecule has 1 unspecified atom stereocenters. The molecule has 104 valence electrons. The van der Waals surface area contributed by atoms with Gasteiger partial charge >= 0.3 is 0 Å². The monoisotopic (exact) mass is 279 g/mol. The quantitative estimate of drug-likeness (QED) is 0.790. The number of hydrogen-bond donors (Lipinski definition) is 0. The lowest BCUT2D eigenvalue weighted by Gasteiger charge is -2.28. The predicted molar refractivity (Wildman–Crippen MR) is 80.4 cm³/mol. The molecule has 1 atom stereocenters. The average Bonchev–Trinajstić information content (AvgIpc) is 2.66. The van der Waals surface area contributed by atoms with Crippen molar-refractivity contribution in [3.8, 4) is 0 Å². The fraction of sp³-hybridized carbons (Fsp3) is 0.600. The van der Waals surface area contributed by atoms with Crippen LogP contribution in [0.3, 0.4) is 0 Å². The SMILES string of the molecule is Cc1ccc2nc(CCl)n(CC(C)C(C)(C)C)c2n1. The molecule has 0 saturated carbocycles. The van der Waals surface area contributed by atoms with Crippen LogP contribution in [-0.4, -0.2) is 14.5 Å². The largest absolute Gasteiger partial charge is 0.311 e. The fourth-order valence-corrected chi connectivity index (χ4v) is 2.19. The maximum absolute atomic E-state index is 6.03. The van der Waals surface area contributed by atoms with Crippen LogP contribution in [0.4, 0.5) is 0 Å². The van der Waals surface area contributed by atoms with Gasteiger partial charge in [-0.05, 0) is 30.4 Å². The number of aryl methyl sites for hydroxylation is 1. The van der Waals surface area contributed by atoms with E-state index in [1.807, 2.05) is 19.1 Å². The predicted octanol–water partition coefficient (Wildman–Crippen LogP) is 4.16. The Morgan fingerprint density at radius 3 is 2.53 bits per heavy atom. The summed E-state index contributed by atoms with van der Waals surface area (Å²) in [7, 11) is 0. The van der Waals surface area contributed by atoms with Crippen LogP contribution in [-0.2, 0) is 12.4 Å². The summed E-state index contributed by atoms with van der Waals surface area (Å²) >= 11 is 6.03. The van der Waals surface area contributed by atoms with E-state index >= 15 is 0 Å². The third-order valence-electron chi connectivity index (χ3n) is 3.86. The van der Waals surface area contributed by atoms with Crippen molar-refractivity contribution in [3.63, 3.8) is 0 Å². The summed E-state index contributed by atoms with van der Waals surface area (Å²) in [5.74, 6) is 1.85. The van der Waals surface area contributed by atoms with Crippen LogP contribution in [0.5, 0.6) is 0 Å². The molecule has 0 fully saturated rings. The van der Waals surface area contributed by atoms with Crippen LogP contribution in [0.25, 0.3) is 11.2 Å². The topological polar surface area (TPSA) is 30.7 Å². The molecular formula is C15H22ClN3. The van der Waals surface area contributed by atoms with Gasteiger partial charge in [-0.3, -0.25) is 0 Å². The lowest BCUT2D eigenvalue weighted by molar-refractivity contribution is 0.233. The molecule has 0 aliphatic carbocycles. The second-order valence-corrected chi connectivity index (χ2v) is 6.60. The van der Waals surface area contributed by atoms with E-state index in [2.05, 4.69) is 42.2 Å². The van der Waals surface area contributed by atoms with Crippen molar-refractivity contribution >= 4 is 22.8 Å². The first-order chi connectivity index (χ1) is 8.82. The first-order valence-electron chi connectivity index (χ1n) is 6.71. The molecule has 2 rings (SSSR count). The van der Waals surface area contributed by atoms with E-state index in [1.165, 1.54) is 0 Å². The highest BCUT2D eigenvalue weighted by Gasteiger charge is 2.22. The number of aromatic nitrogens is 3. The van der Waals surface area contributed by atoms with Crippen LogP contribution >= 0.6 is 11.6 Å². The summed E-state index contributed by atoms with van der Waals surface area (Å²) < 4.78 is 2.17. The van der Waals surface area contributed by atoms with Gasteiger partial charge in [-0.2, -0.15) is 0 Å². The average molecular weight is 280 g/mol. The molecule has 0 aliphatic heterocycles. The normalized spacial score (nSPS) is 14.0. The third kappa shape index (κ3) is 2.92. The molecule has 2 aromatic rings. The van der Waals surface area contributed by atoms with Crippen LogP contribution in [0.2, 0.25) is 0 Å². The summed E-state index contributed by atoms with van der Waals surface area (Å²) in [5.41, 5.74) is 3.15. The summed E-state index contributed by atoms with van der Waals surface area (Å²) in [5, 5.41) is 0. The minimum Gasteiger partial charge on any atom is -0.311 e. The van der Waals surface area contributed by atoms with E-state index in [0.29, 0.717) is 11.8 Å².